The zero-order valence-electron chi connectivity index (χ0n) is 16.1. The van der Waals surface area contributed by atoms with Crippen LogP contribution in [-0.4, -0.2) is 42.1 Å². The normalized spacial score (nSPS) is 13.6. The summed E-state index contributed by atoms with van der Waals surface area (Å²) in [6.45, 7) is 1.06. The van der Waals surface area contributed by atoms with E-state index >= 15 is 0 Å². The second-order valence-electron chi connectivity index (χ2n) is 7.21. The topological polar surface area (TPSA) is 89.9 Å². The number of carbonyl (C=O) groups is 1. The van der Waals surface area contributed by atoms with E-state index < -0.39 is 0 Å². The van der Waals surface area contributed by atoms with Crippen LogP contribution in [0.2, 0.25) is 0 Å². The van der Waals surface area contributed by atoms with Gasteiger partial charge >= 0.3 is 0 Å². The fourth-order valence-corrected chi connectivity index (χ4v) is 3.65. The number of oxazole rings is 1. The Labute approximate surface area is 167 Å². The number of carbonyl (C=O) groups excluding carboxylic acids is 1. The lowest BCUT2D eigenvalue weighted by Gasteiger charge is -2.25. The van der Waals surface area contributed by atoms with Gasteiger partial charge < -0.3 is 9.32 Å². The van der Waals surface area contributed by atoms with E-state index in [4.69, 9.17) is 4.42 Å². The Kier molecular flexibility index (Phi) is 4.31. The first-order valence-electron chi connectivity index (χ1n) is 9.61. The van der Waals surface area contributed by atoms with E-state index in [0.29, 0.717) is 37.4 Å². The van der Waals surface area contributed by atoms with Crippen LogP contribution < -0.4 is 0 Å². The van der Waals surface area contributed by atoms with Crippen molar-refractivity contribution in [1.82, 2.24) is 29.6 Å². The van der Waals surface area contributed by atoms with Gasteiger partial charge in [-0.1, -0.05) is 6.07 Å². The molecule has 5 rings (SSSR count). The van der Waals surface area contributed by atoms with Crippen molar-refractivity contribution in [3.63, 3.8) is 0 Å². The number of hydrogen-bond acceptors (Lipinski definition) is 6. The van der Waals surface area contributed by atoms with Gasteiger partial charge in [-0.2, -0.15) is 5.10 Å². The summed E-state index contributed by atoms with van der Waals surface area (Å²) in [7, 11) is 1.84. The lowest BCUT2D eigenvalue weighted by atomic mass is 10.1. The van der Waals surface area contributed by atoms with Gasteiger partial charge in [0, 0.05) is 45.0 Å². The molecule has 0 fully saturated rings. The van der Waals surface area contributed by atoms with Crippen molar-refractivity contribution in [2.45, 2.75) is 25.8 Å². The van der Waals surface area contributed by atoms with Crippen LogP contribution >= 0.6 is 0 Å². The average Bonchev–Trinajstić information content (AvgIpc) is 3.34. The Morgan fingerprint density at radius 3 is 3.03 bits per heavy atom. The Bertz CT molecular complexity index is 1180. The van der Waals surface area contributed by atoms with Crippen LogP contribution in [0.25, 0.3) is 11.0 Å². The number of aryl methyl sites for hydroxylation is 3. The first kappa shape index (κ1) is 17.5. The summed E-state index contributed by atoms with van der Waals surface area (Å²) in [5.74, 6) is 1.55. The second kappa shape index (κ2) is 7.12. The maximum atomic E-state index is 13.0. The van der Waals surface area contributed by atoms with E-state index in [-0.39, 0.29) is 5.91 Å². The maximum Gasteiger partial charge on any atom is 0.255 e. The van der Waals surface area contributed by atoms with Gasteiger partial charge in [-0.3, -0.25) is 19.4 Å². The molecular weight excluding hydrogens is 368 g/mol. The summed E-state index contributed by atoms with van der Waals surface area (Å²) in [6.07, 6.45) is 9.14. The van der Waals surface area contributed by atoms with Crippen LogP contribution in [0.1, 0.15) is 33.3 Å². The van der Waals surface area contributed by atoms with Gasteiger partial charge in [0.15, 0.2) is 5.89 Å². The van der Waals surface area contributed by atoms with E-state index in [9.17, 15) is 4.79 Å². The minimum atomic E-state index is -0.0499. The highest BCUT2D eigenvalue weighted by atomic mass is 16.4. The largest absolute Gasteiger partial charge is 0.445 e. The van der Waals surface area contributed by atoms with E-state index in [2.05, 4.69) is 20.1 Å². The molecule has 4 aromatic rings. The Hall–Kier alpha value is -3.55. The van der Waals surface area contributed by atoms with Gasteiger partial charge in [-0.05, 0) is 24.1 Å². The maximum absolute atomic E-state index is 13.0. The van der Waals surface area contributed by atoms with Crippen molar-refractivity contribution in [3.8, 4) is 0 Å². The molecule has 0 bridgehead atoms. The first-order chi connectivity index (χ1) is 14.2. The van der Waals surface area contributed by atoms with Crippen molar-refractivity contribution in [1.29, 1.82) is 0 Å². The molecule has 0 unspecified atom stereocenters. The molecule has 8 nitrogen and oxygen atoms in total. The number of aromatic nitrogens is 5. The molecule has 0 aromatic carbocycles. The Morgan fingerprint density at radius 2 is 2.17 bits per heavy atom. The van der Waals surface area contributed by atoms with Crippen LogP contribution in [0.5, 0.6) is 0 Å². The predicted octanol–water partition coefficient (Wildman–Crippen LogP) is 2.33. The molecule has 0 atom stereocenters. The summed E-state index contributed by atoms with van der Waals surface area (Å²) in [5.41, 5.74) is 4.18. The summed E-state index contributed by atoms with van der Waals surface area (Å²) >= 11 is 0. The molecule has 0 N–H and O–H groups in total. The van der Waals surface area contributed by atoms with Gasteiger partial charge in [0.05, 0.1) is 23.8 Å². The Morgan fingerprint density at radius 1 is 1.24 bits per heavy atom. The molecule has 0 saturated carbocycles. The highest BCUT2D eigenvalue weighted by Crippen LogP contribution is 2.23. The van der Waals surface area contributed by atoms with Crippen LogP contribution in [0.3, 0.4) is 0 Å². The molecule has 1 aliphatic heterocycles. The molecule has 0 radical (unpaired) electrons. The molecular formula is C21H20N6O2. The predicted molar refractivity (Wildman–Crippen MR) is 105 cm³/mol. The molecule has 5 heterocycles. The molecule has 0 spiro atoms. The summed E-state index contributed by atoms with van der Waals surface area (Å²) in [6, 6.07) is 5.82. The number of nitrogens with zero attached hydrogens (tertiary/aromatic N) is 6. The number of pyridine rings is 2. The molecule has 0 aliphatic carbocycles. The fraction of sp³-hybridized carbons (Fsp3) is 0.286. The molecule has 4 aromatic heterocycles. The third-order valence-electron chi connectivity index (χ3n) is 5.26. The number of hydrogen-bond donors (Lipinski definition) is 0. The Balaban J connectivity index is 1.30. The SMILES string of the molecule is Cn1ncc2ncc(C(=O)N3CCc4oc(CCc5cccnc5)nc4C3)cc21. The first-order valence-corrected chi connectivity index (χ1v) is 9.61. The van der Waals surface area contributed by atoms with E-state index in [1.54, 1.807) is 28.2 Å². The second-order valence-corrected chi connectivity index (χ2v) is 7.21. The quantitative estimate of drug-likeness (QED) is 0.533. The molecule has 1 aliphatic rings. The van der Waals surface area contributed by atoms with Crippen LogP contribution in [0.4, 0.5) is 0 Å². The van der Waals surface area contributed by atoms with Gasteiger partial charge in [-0.25, -0.2) is 4.98 Å². The smallest absolute Gasteiger partial charge is 0.255 e. The third-order valence-corrected chi connectivity index (χ3v) is 5.26. The van der Waals surface area contributed by atoms with Crippen molar-refractivity contribution < 1.29 is 9.21 Å². The van der Waals surface area contributed by atoms with Crippen LogP contribution in [-0.2, 0) is 32.9 Å². The average molecular weight is 388 g/mol. The van der Waals surface area contributed by atoms with Gasteiger partial charge in [0.25, 0.3) is 5.91 Å². The molecule has 29 heavy (non-hydrogen) atoms. The van der Waals surface area contributed by atoms with Crippen molar-refractivity contribution in [2.24, 2.45) is 7.05 Å². The molecule has 1 amide bonds. The molecule has 0 saturated heterocycles. The number of fused-ring (bicyclic) bond motifs is 2. The highest BCUT2D eigenvalue weighted by molar-refractivity contribution is 5.96. The van der Waals surface area contributed by atoms with E-state index in [1.807, 2.05) is 31.4 Å². The monoisotopic (exact) mass is 388 g/mol. The van der Waals surface area contributed by atoms with Crippen molar-refractivity contribution in [3.05, 3.63) is 71.5 Å². The van der Waals surface area contributed by atoms with Crippen molar-refractivity contribution >= 4 is 16.9 Å². The van der Waals surface area contributed by atoms with Crippen LogP contribution in [0, 0.1) is 0 Å². The summed E-state index contributed by atoms with van der Waals surface area (Å²) in [4.78, 5) is 27.9. The minimum Gasteiger partial charge on any atom is -0.445 e. The lowest BCUT2D eigenvalue weighted by molar-refractivity contribution is 0.0727. The number of rotatable bonds is 4. The van der Waals surface area contributed by atoms with Gasteiger partial charge in [0.2, 0.25) is 0 Å². The van der Waals surface area contributed by atoms with Gasteiger partial charge in [-0.15, -0.1) is 0 Å². The molecule has 146 valence electrons. The van der Waals surface area contributed by atoms with Crippen molar-refractivity contribution in [2.75, 3.05) is 6.54 Å². The zero-order chi connectivity index (χ0) is 19.8. The van der Waals surface area contributed by atoms with E-state index in [1.165, 1.54) is 0 Å². The minimum absolute atomic E-state index is 0.0499. The lowest BCUT2D eigenvalue weighted by Crippen LogP contribution is -2.35. The van der Waals surface area contributed by atoms with Crippen LogP contribution in [0.15, 0.2) is 47.4 Å². The summed E-state index contributed by atoms with van der Waals surface area (Å²) < 4.78 is 7.65. The fourth-order valence-electron chi connectivity index (χ4n) is 3.65. The van der Waals surface area contributed by atoms with E-state index in [0.717, 1.165) is 34.5 Å². The highest BCUT2D eigenvalue weighted by Gasteiger charge is 2.26. The standard InChI is InChI=1S/C21H20N6O2/c1-26-18-9-15(11-23-16(18)12-24-26)21(28)27-8-6-19-17(13-27)25-20(29-19)5-4-14-3-2-7-22-10-14/h2-3,7,9-12H,4-6,8,13H2,1H3. The van der Waals surface area contributed by atoms with Gasteiger partial charge in [0.1, 0.15) is 17.0 Å². The summed E-state index contributed by atoms with van der Waals surface area (Å²) in [5, 5.41) is 4.18. The number of amides is 1. The third kappa shape index (κ3) is 3.37. The molecule has 8 heteroatoms. The zero-order valence-corrected chi connectivity index (χ0v) is 16.1.